The van der Waals surface area contributed by atoms with E-state index in [-0.39, 0.29) is 5.60 Å². The molecule has 0 aliphatic heterocycles. The van der Waals surface area contributed by atoms with Crippen LogP contribution in [0.25, 0.3) is 0 Å². The van der Waals surface area contributed by atoms with E-state index in [4.69, 9.17) is 9.47 Å². The van der Waals surface area contributed by atoms with Crippen LogP contribution in [0.3, 0.4) is 0 Å². The second kappa shape index (κ2) is 6.76. The van der Waals surface area contributed by atoms with E-state index < -0.39 is 0 Å². The van der Waals surface area contributed by atoms with Gasteiger partial charge in [0.2, 0.25) is 0 Å². The van der Waals surface area contributed by atoms with Crippen molar-refractivity contribution in [3.63, 3.8) is 0 Å². The molecule has 18 heavy (non-hydrogen) atoms. The summed E-state index contributed by atoms with van der Waals surface area (Å²) in [6, 6.07) is 8.59. The monoisotopic (exact) mass is 251 g/mol. The van der Waals surface area contributed by atoms with Gasteiger partial charge in [0, 0.05) is 19.6 Å². The van der Waals surface area contributed by atoms with Crippen molar-refractivity contribution in [2.75, 3.05) is 20.8 Å². The summed E-state index contributed by atoms with van der Waals surface area (Å²) in [6.45, 7) is 6.93. The smallest absolute Gasteiger partial charge is 0.119 e. The molecule has 1 aromatic carbocycles. The zero-order chi connectivity index (χ0) is 13.6. The lowest BCUT2D eigenvalue weighted by Crippen LogP contribution is -2.25. The molecule has 3 nitrogen and oxygen atoms in total. The molecule has 0 fully saturated rings. The topological polar surface area (TPSA) is 30.5 Å². The second-order valence-electron chi connectivity index (χ2n) is 5.14. The molecule has 0 aromatic heterocycles. The van der Waals surface area contributed by atoms with Crippen molar-refractivity contribution in [2.24, 2.45) is 0 Å². The van der Waals surface area contributed by atoms with Crippen LogP contribution in [0, 0.1) is 0 Å². The maximum absolute atomic E-state index is 5.71. The van der Waals surface area contributed by atoms with Gasteiger partial charge in [0.1, 0.15) is 5.75 Å². The first kappa shape index (κ1) is 15.0. The van der Waals surface area contributed by atoms with Gasteiger partial charge in [-0.1, -0.05) is 12.1 Å². The van der Waals surface area contributed by atoms with Crippen molar-refractivity contribution in [2.45, 2.75) is 38.8 Å². The third kappa shape index (κ3) is 4.67. The fourth-order valence-electron chi connectivity index (χ4n) is 1.54. The molecule has 0 spiro atoms. The Labute approximate surface area is 110 Å². The van der Waals surface area contributed by atoms with E-state index in [1.165, 1.54) is 5.56 Å². The molecule has 1 atom stereocenters. The first-order chi connectivity index (χ1) is 8.48. The van der Waals surface area contributed by atoms with Crippen LogP contribution in [0.15, 0.2) is 24.3 Å². The van der Waals surface area contributed by atoms with Gasteiger partial charge in [-0.25, -0.2) is 0 Å². The van der Waals surface area contributed by atoms with Gasteiger partial charge in [-0.15, -0.1) is 0 Å². The molecule has 0 bridgehead atoms. The zero-order valence-electron chi connectivity index (χ0n) is 12.1. The SMILES string of the molecule is CNC(C)c1ccc(OCCC(C)(C)OC)cc1. The summed E-state index contributed by atoms with van der Waals surface area (Å²) in [5.41, 5.74) is 1.14. The summed E-state index contributed by atoms with van der Waals surface area (Å²) in [6.07, 6.45) is 0.873. The third-order valence-electron chi connectivity index (χ3n) is 3.34. The maximum atomic E-state index is 5.71. The van der Waals surface area contributed by atoms with E-state index in [2.05, 4.69) is 38.2 Å². The maximum Gasteiger partial charge on any atom is 0.119 e. The molecule has 0 amide bonds. The Morgan fingerprint density at radius 2 is 1.83 bits per heavy atom. The van der Waals surface area contributed by atoms with Crippen molar-refractivity contribution >= 4 is 0 Å². The summed E-state index contributed by atoms with van der Waals surface area (Å²) in [5.74, 6) is 0.911. The van der Waals surface area contributed by atoms with Gasteiger partial charge in [0.05, 0.1) is 12.2 Å². The number of rotatable bonds is 7. The molecular formula is C15H25NO2. The number of benzene rings is 1. The van der Waals surface area contributed by atoms with Gasteiger partial charge in [0.25, 0.3) is 0 Å². The van der Waals surface area contributed by atoms with Crippen LogP contribution < -0.4 is 10.1 Å². The molecule has 0 radical (unpaired) electrons. The molecule has 3 heteroatoms. The first-order valence-electron chi connectivity index (χ1n) is 6.43. The highest BCUT2D eigenvalue weighted by molar-refractivity contribution is 5.28. The first-order valence-corrected chi connectivity index (χ1v) is 6.43. The van der Waals surface area contributed by atoms with E-state index in [1.807, 2.05) is 19.2 Å². The number of nitrogens with one attached hydrogen (secondary N) is 1. The van der Waals surface area contributed by atoms with Crippen molar-refractivity contribution in [1.82, 2.24) is 5.32 Å². The van der Waals surface area contributed by atoms with Crippen LogP contribution in [0.4, 0.5) is 0 Å². The quantitative estimate of drug-likeness (QED) is 0.807. The lowest BCUT2D eigenvalue weighted by molar-refractivity contribution is 0.00545. The molecule has 0 heterocycles. The summed E-state index contributed by atoms with van der Waals surface area (Å²) in [5, 5.41) is 3.21. The molecule has 1 N–H and O–H groups in total. The molecule has 0 aliphatic rings. The van der Waals surface area contributed by atoms with E-state index in [1.54, 1.807) is 7.11 Å². The van der Waals surface area contributed by atoms with E-state index in [0.29, 0.717) is 12.6 Å². The zero-order valence-corrected chi connectivity index (χ0v) is 12.1. The number of hydrogen-bond donors (Lipinski definition) is 1. The van der Waals surface area contributed by atoms with Crippen molar-refractivity contribution < 1.29 is 9.47 Å². The van der Waals surface area contributed by atoms with Crippen molar-refractivity contribution in [3.05, 3.63) is 29.8 Å². The Bertz CT molecular complexity index is 346. The van der Waals surface area contributed by atoms with Crippen LogP contribution in [0.1, 0.15) is 38.8 Å². The van der Waals surface area contributed by atoms with Crippen molar-refractivity contribution in [1.29, 1.82) is 0 Å². The van der Waals surface area contributed by atoms with Crippen LogP contribution in [-0.4, -0.2) is 26.4 Å². The van der Waals surface area contributed by atoms with Gasteiger partial charge >= 0.3 is 0 Å². The molecule has 102 valence electrons. The molecule has 1 unspecified atom stereocenters. The van der Waals surface area contributed by atoms with E-state index >= 15 is 0 Å². The van der Waals surface area contributed by atoms with Gasteiger partial charge in [-0.3, -0.25) is 0 Å². The molecule has 0 saturated carbocycles. The number of methoxy groups -OCH3 is 1. The summed E-state index contributed by atoms with van der Waals surface area (Å²) >= 11 is 0. The van der Waals surface area contributed by atoms with E-state index in [9.17, 15) is 0 Å². The predicted octanol–water partition coefficient (Wildman–Crippen LogP) is 3.16. The highest BCUT2D eigenvalue weighted by atomic mass is 16.5. The fourth-order valence-corrected chi connectivity index (χ4v) is 1.54. The van der Waals surface area contributed by atoms with Gasteiger partial charge < -0.3 is 14.8 Å². The van der Waals surface area contributed by atoms with Crippen LogP contribution >= 0.6 is 0 Å². The highest BCUT2D eigenvalue weighted by Gasteiger charge is 2.15. The minimum absolute atomic E-state index is 0.124. The lowest BCUT2D eigenvalue weighted by Gasteiger charge is -2.22. The number of ether oxygens (including phenoxy) is 2. The Balaban J connectivity index is 2.45. The van der Waals surface area contributed by atoms with Crippen LogP contribution in [0.2, 0.25) is 0 Å². The van der Waals surface area contributed by atoms with Crippen molar-refractivity contribution in [3.8, 4) is 5.75 Å². The van der Waals surface area contributed by atoms with Gasteiger partial charge in [-0.05, 0) is 45.5 Å². The molecule has 0 saturated heterocycles. The average Bonchev–Trinajstić information content (AvgIpc) is 2.38. The normalized spacial score (nSPS) is 13.4. The van der Waals surface area contributed by atoms with Crippen LogP contribution in [0.5, 0.6) is 5.75 Å². The predicted molar refractivity (Wildman–Crippen MR) is 75.1 cm³/mol. The largest absolute Gasteiger partial charge is 0.493 e. The Kier molecular flexibility index (Phi) is 5.63. The number of hydrogen-bond acceptors (Lipinski definition) is 3. The summed E-state index contributed by atoms with van der Waals surface area (Å²) < 4.78 is 11.1. The lowest BCUT2D eigenvalue weighted by atomic mass is 10.1. The van der Waals surface area contributed by atoms with E-state index in [0.717, 1.165) is 12.2 Å². The fraction of sp³-hybridized carbons (Fsp3) is 0.600. The summed E-state index contributed by atoms with van der Waals surface area (Å²) in [7, 11) is 3.69. The Morgan fingerprint density at radius 3 is 2.33 bits per heavy atom. The van der Waals surface area contributed by atoms with Gasteiger partial charge in [0.15, 0.2) is 0 Å². The Hall–Kier alpha value is -1.06. The summed E-state index contributed by atoms with van der Waals surface area (Å²) in [4.78, 5) is 0. The standard InChI is InChI=1S/C15H25NO2/c1-12(16-4)13-6-8-14(9-7-13)18-11-10-15(2,3)17-5/h6-9,12,16H,10-11H2,1-5H3. The molecule has 0 aliphatic carbocycles. The average molecular weight is 251 g/mol. The van der Waals surface area contributed by atoms with Crippen LogP contribution in [-0.2, 0) is 4.74 Å². The van der Waals surface area contributed by atoms with Gasteiger partial charge in [-0.2, -0.15) is 0 Å². The molecule has 1 aromatic rings. The third-order valence-corrected chi connectivity index (χ3v) is 3.34. The Morgan fingerprint density at radius 1 is 1.22 bits per heavy atom. The molecule has 1 rings (SSSR count). The minimum Gasteiger partial charge on any atom is -0.493 e. The second-order valence-corrected chi connectivity index (χ2v) is 5.14. The highest BCUT2D eigenvalue weighted by Crippen LogP contribution is 2.19. The molecular weight excluding hydrogens is 226 g/mol. The minimum atomic E-state index is -0.124.